The second-order valence-electron chi connectivity index (χ2n) is 7.67. The molecule has 0 radical (unpaired) electrons. The molecule has 0 aliphatic carbocycles. The molecule has 0 amide bonds. The summed E-state index contributed by atoms with van der Waals surface area (Å²) in [6.45, 7) is 7.30. The number of rotatable bonds is 15. The number of ether oxygens (including phenoxy) is 3. The Morgan fingerprint density at radius 1 is 0.839 bits per heavy atom. The van der Waals surface area contributed by atoms with Gasteiger partial charge in [0.1, 0.15) is 5.75 Å². The Balaban J connectivity index is 1.75. The van der Waals surface area contributed by atoms with Crippen LogP contribution in [0.3, 0.4) is 0 Å². The highest BCUT2D eigenvalue weighted by Crippen LogP contribution is 2.21. The van der Waals surface area contributed by atoms with E-state index in [0.717, 1.165) is 31.2 Å². The molecular formula is C25H36N2O4. The summed E-state index contributed by atoms with van der Waals surface area (Å²) in [5.74, 6) is 1.35. The highest BCUT2D eigenvalue weighted by atomic mass is 16.6. The number of hydrogen-bond acceptors (Lipinski definition) is 6. The van der Waals surface area contributed by atoms with Crippen LogP contribution in [0.25, 0.3) is 11.4 Å². The molecule has 0 N–H and O–H groups in total. The predicted molar refractivity (Wildman–Crippen MR) is 122 cm³/mol. The summed E-state index contributed by atoms with van der Waals surface area (Å²) in [4.78, 5) is 20.9. The van der Waals surface area contributed by atoms with Crippen LogP contribution in [-0.2, 0) is 9.53 Å². The molecule has 1 aromatic carbocycles. The van der Waals surface area contributed by atoms with E-state index >= 15 is 0 Å². The molecule has 0 bridgehead atoms. The first-order valence-electron chi connectivity index (χ1n) is 11.5. The number of carbonyl (C=O) groups is 1. The van der Waals surface area contributed by atoms with Crippen LogP contribution in [0.4, 0.5) is 0 Å². The van der Waals surface area contributed by atoms with Crippen LogP contribution < -0.4 is 9.47 Å². The number of aromatic nitrogens is 2. The van der Waals surface area contributed by atoms with Gasteiger partial charge in [-0.25, -0.2) is 14.8 Å². The third-order valence-corrected chi connectivity index (χ3v) is 4.92. The van der Waals surface area contributed by atoms with Crippen LogP contribution >= 0.6 is 0 Å². The monoisotopic (exact) mass is 428 g/mol. The highest BCUT2D eigenvalue weighted by Gasteiger charge is 2.16. The molecule has 1 unspecified atom stereocenters. The summed E-state index contributed by atoms with van der Waals surface area (Å²) < 4.78 is 16.6. The van der Waals surface area contributed by atoms with Crippen LogP contribution in [0.1, 0.15) is 72.1 Å². The van der Waals surface area contributed by atoms with Gasteiger partial charge in [-0.1, -0.05) is 52.4 Å². The average Bonchev–Trinajstić information content (AvgIpc) is 2.79. The normalized spacial score (nSPS) is 11.8. The van der Waals surface area contributed by atoms with Gasteiger partial charge in [0.2, 0.25) is 0 Å². The second-order valence-corrected chi connectivity index (χ2v) is 7.67. The number of carbonyl (C=O) groups excluding carboxylic acids is 1. The van der Waals surface area contributed by atoms with Gasteiger partial charge in [0, 0.05) is 12.2 Å². The van der Waals surface area contributed by atoms with Crippen molar-refractivity contribution in [2.24, 2.45) is 0 Å². The summed E-state index contributed by atoms with van der Waals surface area (Å²) in [5.41, 5.74) is 0.840. The largest absolute Gasteiger partial charge is 0.490 e. The Labute approximate surface area is 186 Å². The van der Waals surface area contributed by atoms with E-state index in [9.17, 15) is 4.79 Å². The van der Waals surface area contributed by atoms with E-state index in [1.54, 1.807) is 31.5 Å². The SMILES string of the molecule is CCCCCCCCOC(C)C(=O)Oc1ccc(-c2ncc(OCCCC)cn2)cc1. The number of nitrogens with zero attached hydrogens (tertiary/aromatic N) is 2. The Hall–Kier alpha value is -2.47. The molecule has 1 aromatic heterocycles. The van der Waals surface area contributed by atoms with E-state index in [1.165, 1.54) is 25.7 Å². The standard InChI is InChI=1S/C25H36N2O4/c1-4-6-8-9-10-11-17-29-20(3)25(28)31-22-14-12-21(13-15-22)24-26-18-23(19-27-24)30-16-7-5-2/h12-15,18-20H,4-11,16-17H2,1-3H3. The molecular weight excluding hydrogens is 392 g/mol. The van der Waals surface area contributed by atoms with E-state index in [2.05, 4.69) is 23.8 Å². The summed E-state index contributed by atoms with van der Waals surface area (Å²) in [5, 5.41) is 0. The minimum atomic E-state index is -0.584. The van der Waals surface area contributed by atoms with Gasteiger partial charge in [0.15, 0.2) is 17.7 Å². The van der Waals surface area contributed by atoms with Crippen molar-refractivity contribution >= 4 is 5.97 Å². The second kappa shape index (κ2) is 14.5. The molecule has 170 valence electrons. The van der Waals surface area contributed by atoms with Gasteiger partial charge < -0.3 is 14.2 Å². The van der Waals surface area contributed by atoms with Crippen LogP contribution in [0.2, 0.25) is 0 Å². The first-order chi connectivity index (χ1) is 15.1. The van der Waals surface area contributed by atoms with Gasteiger partial charge in [0.25, 0.3) is 0 Å². The van der Waals surface area contributed by atoms with E-state index in [0.29, 0.717) is 30.5 Å². The highest BCUT2D eigenvalue weighted by molar-refractivity contribution is 5.77. The van der Waals surface area contributed by atoms with Crippen LogP contribution in [0.15, 0.2) is 36.7 Å². The molecule has 6 nitrogen and oxygen atoms in total. The van der Waals surface area contributed by atoms with Crippen molar-refractivity contribution in [1.82, 2.24) is 9.97 Å². The predicted octanol–water partition coefficient (Wildman–Crippen LogP) is 5.99. The van der Waals surface area contributed by atoms with Gasteiger partial charge >= 0.3 is 5.97 Å². The molecule has 2 rings (SSSR count). The molecule has 6 heteroatoms. The molecule has 1 atom stereocenters. The van der Waals surface area contributed by atoms with Gasteiger partial charge in [-0.2, -0.15) is 0 Å². The quantitative estimate of drug-likeness (QED) is 0.197. The fourth-order valence-corrected chi connectivity index (χ4v) is 2.96. The Bertz CT molecular complexity index is 747. The minimum Gasteiger partial charge on any atom is -0.490 e. The molecule has 31 heavy (non-hydrogen) atoms. The fourth-order valence-electron chi connectivity index (χ4n) is 2.96. The van der Waals surface area contributed by atoms with Crippen molar-refractivity contribution in [2.75, 3.05) is 13.2 Å². The molecule has 0 spiro atoms. The Kier molecular flexibility index (Phi) is 11.6. The van der Waals surface area contributed by atoms with Crippen molar-refractivity contribution in [3.63, 3.8) is 0 Å². The van der Waals surface area contributed by atoms with Gasteiger partial charge in [-0.3, -0.25) is 0 Å². The summed E-state index contributed by atoms with van der Waals surface area (Å²) in [6.07, 6.45) is 12.0. The molecule has 0 fully saturated rings. The topological polar surface area (TPSA) is 70.5 Å². The summed E-state index contributed by atoms with van der Waals surface area (Å²) in [6, 6.07) is 7.14. The summed E-state index contributed by atoms with van der Waals surface area (Å²) in [7, 11) is 0. The molecule has 0 aliphatic rings. The zero-order valence-corrected chi connectivity index (χ0v) is 19.1. The van der Waals surface area contributed by atoms with Crippen LogP contribution in [-0.4, -0.2) is 35.3 Å². The molecule has 0 saturated heterocycles. The third kappa shape index (κ3) is 9.47. The minimum absolute atomic E-state index is 0.386. The van der Waals surface area contributed by atoms with Crippen LogP contribution in [0.5, 0.6) is 11.5 Å². The molecule has 0 aliphatic heterocycles. The summed E-state index contributed by atoms with van der Waals surface area (Å²) >= 11 is 0. The maximum atomic E-state index is 12.2. The van der Waals surface area contributed by atoms with Gasteiger partial charge in [-0.05, 0) is 44.0 Å². The molecule has 2 aromatic rings. The van der Waals surface area contributed by atoms with Crippen molar-refractivity contribution < 1.29 is 19.0 Å². The molecule has 0 saturated carbocycles. The van der Waals surface area contributed by atoms with Gasteiger partial charge in [0.05, 0.1) is 19.0 Å². The lowest BCUT2D eigenvalue weighted by atomic mass is 10.1. The number of esters is 1. The van der Waals surface area contributed by atoms with Crippen LogP contribution in [0, 0.1) is 0 Å². The van der Waals surface area contributed by atoms with Crippen molar-refractivity contribution in [3.05, 3.63) is 36.7 Å². The maximum absolute atomic E-state index is 12.2. The van der Waals surface area contributed by atoms with Crippen molar-refractivity contribution in [3.8, 4) is 22.9 Å². The van der Waals surface area contributed by atoms with E-state index < -0.39 is 6.10 Å². The lowest BCUT2D eigenvalue weighted by Gasteiger charge is -2.12. The first kappa shape index (κ1) is 24.8. The maximum Gasteiger partial charge on any atom is 0.340 e. The zero-order chi connectivity index (χ0) is 22.3. The van der Waals surface area contributed by atoms with Crippen molar-refractivity contribution in [1.29, 1.82) is 0 Å². The number of benzene rings is 1. The third-order valence-electron chi connectivity index (χ3n) is 4.92. The lowest BCUT2D eigenvalue weighted by Crippen LogP contribution is -2.26. The Morgan fingerprint density at radius 3 is 2.16 bits per heavy atom. The zero-order valence-electron chi connectivity index (χ0n) is 19.1. The fraction of sp³-hybridized carbons (Fsp3) is 0.560. The number of hydrogen-bond donors (Lipinski definition) is 0. The van der Waals surface area contributed by atoms with Crippen molar-refractivity contribution in [2.45, 2.75) is 78.2 Å². The lowest BCUT2D eigenvalue weighted by molar-refractivity contribution is -0.146. The average molecular weight is 429 g/mol. The Morgan fingerprint density at radius 2 is 1.48 bits per heavy atom. The van der Waals surface area contributed by atoms with E-state index in [4.69, 9.17) is 14.2 Å². The number of unbranched alkanes of at least 4 members (excludes halogenated alkanes) is 6. The van der Waals surface area contributed by atoms with Gasteiger partial charge in [-0.15, -0.1) is 0 Å². The molecule has 1 heterocycles. The van der Waals surface area contributed by atoms with E-state index in [1.807, 2.05) is 12.1 Å². The smallest absolute Gasteiger partial charge is 0.340 e. The first-order valence-corrected chi connectivity index (χ1v) is 11.5. The van der Waals surface area contributed by atoms with E-state index in [-0.39, 0.29) is 5.97 Å².